The number of rotatable bonds is 1. The second kappa shape index (κ2) is 3.09. The quantitative estimate of drug-likeness (QED) is 0.747. The van der Waals surface area contributed by atoms with Gasteiger partial charge in [0.15, 0.2) is 0 Å². The van der Waals surface area contributed by atoms with E-state index in [0.29, 0.717) is 5.71 Å². The Labute approximate surface area is 75.4 Å². The standard InChI is InChI=1S/C4H3BrN2O.CH3.In/c5-2-1-3(6)4(7)8;;/h1H,(H2,7,8);1H3;/q-1;;+1. The number of primary amides is 1. The van der Waals surface area contributed by atoms with Crippen LogP contribution >= 0.6 is 15.9 Å². The van der Waals surface area contributed by atoms with Gasteiger partial charge in [-0.1, -0.05) is 0 Å². The van der Waals surface area contributed by atoms with Gasteiger partial charge in [-0.05, 0) is 0 Å². The first-order chi connectivity index (χ1) is 4.61. The summed E-state index contributed by atoms with van der Waals surface area (Å²) in [7, 11) is 0. The third-order valence-corrected chi connectivity index (χ3v) is 10.6. The van der Waals surface area contributed by atoms with E-state index < -0.39 is 27.6 Å². The molecule has 5 heteroatoms. The number of hydrogen-bond donors (Lipinski definition) is 1. The normalized spacial score (nSPS) is 16.8. The first-order valence-electron chi connectivity index (χ1n) is 2.86. The second-order valence-corrected chi connectivity index (χ2v) is 11.8. The molecule has 1 aliphatic heterocycles. The summed E-state index contributed by atoms with van der Waals surface area (Å²) in [6.45, 7) is 0. The van der Waals surface area contributed by atoms with Gasteiger partial charge in [0, 0.05) is 0 Å². The van der Waals surface area contributed by atoms with E-state index in [1.165, 1.54) is 0 Å². The summed E-state index contributed by atoms with van der Waals surface area (Å²) in [6.07, 6.45) is 1.74. The zero-order valence-corrected chi connectivity index (χ0v) is 10.3. The van der Waals surface area contributed by atoms with Crippen LogP contribution in [0, 0.1) is 0 Å². The Morgan fingerprint density at radius 2 is 2.50 bits per heavy atom. The molecule has 10 heavy (non-hydrogen) atoms. The molecular weight excluding hydrogens is 299 g/mol. The summed E-state index contributed by atoms with van der Waals surface area (Å²) in [5.41, 5.74) is 5.46. The molecule has 1 heterocycles. The van der Waals surface area contributed by atoms with Gasteiger partial charge in [0.2, 0.25) is 0 Å². The maximum absolute atomic E-state index is 10.6. The minimum atomic E-state index is -1.83. The van der Waals surface area contributed by atoms with Crippen molar-refractivity contribution in [3.63, 3.8) is 0 Å². The Morgan fingerprint density at radius 1 is 1.90 bits per heavy atom. The van der Waals surface area contributed by atoms with E-state index in [9.17, 15) is 4.79 Å². The zero-order valence-electron chi connectivity index (χ0n) is 5.47. The molecule has 0 atom stereocenters. The molecule has 0 bridgehead atoms. The number of carbonyl (C=O) groups is 1. The van der Waals surface area contributed by atoms with Crippen LogP contribution < -0.4 is 5.73 Å². The molecule has 0 aliphatic carbocycles. The predicted octanol–water partition coefficient (Wildman–Crippen LogP) is 0.366. The van der Waals surface area contributed by atoms with Crippen molar-refractivity contribution in [2.45, 2.75) is 4.68 Å². The zero-order chi connectivity index (χ0) is 7.72. The molecule has 0 radical (unpaired) electrons. The SMILES string of the molecule is [CH3][In]1[N]=C(C(N)=O)C=[C]1Br. The summed E-state index contributed by atoms with van der Waals surface area (Å²) in [4.78, 5) is 10.6. The average Bonchev–Trinajstić information content (AvgIpc) is 2.13. The Kier molecular flexibility index (Phi) is 2.57. The van der Waals surface area contributed by atoms with E-state index >= 15 is 0 Å². The molecule has 3 nitrogen and oxygen atoms in total. The van der Waals surface area contributed by atoms with Crippen molar-refractivity contribution in [1.82, 2.24) is 0 Å². The van der Waals surface area contributed by atoms with Gasteiger partial charge in [-0.15, -0.1) is 0 Å². The topological polar surface area (TPSA) is 55.4 Å². The number of carbonyl (C=O) groups excluding carboxylic acids is 1. The summed E-state index contributed by atoms with van der Waals surface area (Å²) in [5, 5.41) is 0. The van der Waals surface area contributed by atoms with E-state index in [1.807, 2.05) is 0 Å². The summed E-state index contributed by atoms with van der Waals surface area (Å²) in [6, 6.07) is 0. The fourth-order valence-electron chi connectivity index (χ4n) is 0.694. The third kappa shape index (κ3) is 1.63. The first-order valence-corrected chi connectivity index (χ1v) is 10.1. The molecule has 0 aromatic rings. The van der Waals surface area contributed by atoms with Crippen molar-refractivity contribution >= 4 is 49.3 Å². The molecule has 2 N–H and O–H groups in total. The van der Waals surface area contributed by atoms with E-state index in [2.05, 4.69) is 23.6 Å². The van der Waals surface area contributed by atoms with Gasteiger partial charge in [0.25, 0.3) is 0 Å². The van der Waals surface area contributed by atoms with E-state index in [1.54, 1.807) is 6.08 Å². The number of nitrogens with two attached hydrogens (primary N) is 1. The van der Waals surface area contributed by atoms with Crippen molar-refractivity contribution in [3.05, 3.63) is 8.31 Å². The summed E-state index contributed by atoms with van der Waals surface area (Å²) in [5.74, 6) is -0.419. The van der Waals surface area contributed by atoms with Crippen molar-refractivity contribution in [1.29, 1.82) is 0 Å². The van der Waals surface area contributed by atoms with Crippen LogP contribution in [0.2, 0.25) is 4.68 Å². The predicted molar refractivity (Wildman–Crippen MR) is 45.3 cm³/mol. The van der Waals surface area contributed by atoms with Gasteiger partial charge in [-0.3, -0.25) is 0 Å². The fraction of sp³-hybridized carbons (Fsp3) is 0.200. The Hall–Kier alpha value is 0.230. The molecule has 0 aromatic carbocycles. The fourth-order valence-corrected chi connectivity index (χ4v) is 4.85. The van der Waals surface area contributed by atoms with Gasteiger partial charge in [0.05, 0.1) is 0 Å². The third-order valence-electron chi connectivity index (χ3n) is 1.26. The first kappa shape index (κ1) is 8.33. The minimum absolute atomic E-state index is 0.419. The van der Waals surface area contributed by atoms with Crippen LogP contribution in [0.5, 0.6) is 0 Å². The number of nitrogens with zero attached hydrogens (tertiary/aromatic N) is 1. The number of hydrogen-bond acceptors (Lipinski definition) is 2. The van der Waals surface area contributed by atoms with E-state index in [0.717, 1.165) is 2.24 Å². The molecule has 0 fully saturated rings. The van der Waals surface area contributed by atoms with Crippen LogP contribution in [0.25, 0.3) is 0 Å². The number of halogens is 1. The van der Waals surface area contributed by atoms with Crippen LogP contribution in [-0.4, -0.2) is 33.3 Å². The van der Waals surface area contributed by atoms with Crippen LogP contribution in [0.15, 0.2) is 11.3 Å². The Morgan fingerprint density at radius 3 is 2.70 bits per heavy atom. The van der Waals surface area contributed by atoms with Gasteiger partial charge in [-0.25, -0.2) is 0 Å². The Bertz CT molecular complexity index is 236. The van der Waals surface area contributed by atoms with Crippen molar-refractivity contribution < 1.29 is 4.79 Å². The van der Waals surface area contributed by atoms with Gasteiger partial charge in [0.1, 0.15) is 0 Å². The molecule has 1 rings (SSSR count). The van der Waals surface area contributed by atoms with Gasteiger partial charge < -0.3 is 0 Å². The molecular formula is C5H6BrInN2O. The van der Waals surface area contributed by atoms with Crippen LogP contribution in [0.4, 0.5) is 0 Å². The molecule has 1 amide bonds. The monoisotopic (exact) mass is 304 g/mol. The van der Waals surface area contributed by atoms with Crippen molar-refractivity contribution in [2.75, 3.05) is 0 Å². The average molecular weight is 305 g/mol. The van der Waals surface area contributed by atoms with Crippen molar-refractivity contribution in [2.24, 2.45) is 8.71 Å². The summed E-state index contributed by atoms with van der Waals surface area (Å²) >= 11 is 1.52. The molecule has 0 spiro atoms. The number of amides is 1. The second-order valence-electron chi connectivity index (χ2n) is 2.08. The maximum atomic E-state index is 10.6. The van der Waals surface area contributed by atoms with E-state index in [-0.39, 0.29) is 0 Å². The molecule has 1 aliphatic rings. The molecule has 52 valence electrons. The summed E-state index contributed by atoms with van der Waals surface area (Å²) < 4.78 is 7.39. The van der Waals surface area contributed by atoms with Crippen LogP contribution in [0.1, 0.15) is 0 Å². The molecule has 0 saturated carbocycles. The molecule has 0 saturated heterocycles. The van der Waals surface area contributed by atoms with Crippen LogP contribution in [-0.2, 0) is 4.79 Å². The Balaban J connectivity index is 2.85. The van der Waals surface area contributed by atoms with Crippen molar-refractivity contribution in [3.8, 4) is 0 Å². The molecule has 0 aromatic heterocycles. The van der Waals surface area contributed by atoms with E-state index in [4.69, 9.17) is 5.73 Å². The molecule has 0 unspecified atom stereocenters. The van der Waals surface area contributed by atoms with Gasteiger partial charge >= 0.3 is 75.8 Å². The van der Waals surface area contributed by atoms with Gasteiger partial charge in [-0.2, -0.15) is 0 Å². The van der Waals surface area contributed by atoms with Crippen LogP contribution in [0.3, 0.4) is 0 Å².